The number of carbonyl (C=O) groups excluding carboxylic acids is 1. The number of amides is 1. The van der Waals surface area contributed by atoms with Gasteiger partial charge in [0.2, 0.25) is 5.91 Å². The Hall–Kier alpha value is -0.870. The molecule has 0 aromatic rings. The summed E-state index contributed by atoms with van der Waals surface area (Å²) in [6.07, 6.45) is 3.26. The molecular formula is C14H27N3O. The van der Waals surface area contributed by atoms with Crippen LogP contribution in [0.5, 0.6) is 0 Å². The van der Waals surface area contributed by atoms with E-state index in [1.54, 1.807) is 7.05 Å². The maximum absolute atomic E-state index is 11.6. The predicted octanol–water partition coefficient (Wildman–Crippen LogP) is 1.00. The zero-order valence-corrected chi connectivity index (χ0v) is 11.8. The number of carbonyl (C=O) groups is 1. The molecule has 2 N–H and O–H groups in total. The molecular weight excluding hydrogens is 226 g/mol. The van der Waals surface area contributed by atoms with Gasteiger partial charge in [-0.3, -0.25) is 9.69 Å². The molecule has 1 atom stereocenters. The summed E-state index contributed by atoms with van der Waals surface area (Å²) in [6.45, 7) is 11.1. The van der Waals surface area contributed by atoms with E-state index in [-0.39, 0.29) is 11.8 Å². The van der Waals surface area contributed by atoms with Gasteiger partial charge in [0.25, 0.3) is 0 Å². The lowest BCUT2D eigenvalue weighted by molar-refractivity contribution is -0.126. The fourth-order valence-corrected chi connectivity index (χ4v) is 2.43. The summed E-state index contributed by atoms with van der Waals surface area (Å²) >= 11 is 0. The highest BCUT2D eigenvalue weighted by molar-refractivity contribution is 5.78. The van der Waals surface area contributed by atoms with Crippen molar-refractivity contribution in [3.63, 3.8) is 0 Å². The van der Waals surface area contributed by atoms with E-state index in [1.165, 1.54) is 5.57 Å². The molecule has 18 heavy (non-hydrogen) atoms. The third kappa shape index (κ3) is 5.19. The zero-order valence-electron chi connectivity index (χ0n) is 11.8. The van der Waals surface area contributed by atoms with Crippen LogP contribution < -0.4 is 10.6 Å². The second kappa shape index (κ2) is 8.27. The number of nitrogens with one attached hydrogen (secondary N) is 2. The van der Waals surface area contributed by atoms with Crippen LogP contribution in [0.2, 0.25) is 0 Å². The first-order valence-corrected chi connectivity index (χ1v) is 6.98. The van der Waals surface area contributed by atoms with E-state index in [4.69, 9.17) is 0 Å². The van der Waals surface area contributed by atoms with E-state index in [0.717, 1.165) is 52.0 Å². The Morgan fingerprint density at radius 2 is 2.28 bits per heavy atom. The van der Waals surface area contributed by atoms with Crippen LogP contribution in [0.1, 0.15) is 26.2 Å². The smallest absolute Gasteiger partial charge is 0.224 e. The molecule has 104 valence electrons. The van der Waals surface area contributed by atoms with E-state index in [1.807, 2.05) is 0 Å². The highest BCUT2D eigenvalue weighted by Gasteiger charge is 2.24. The zero-order chi connectivity index (χ0) is 13.4. The molecule has 0 aromatic heterocycles. The van der Waals surface area contributed by atoms with Gasteiger partial charge in [0.1, 0.15) is 0 Å². The number of nitrogens with zero attached hydrogens (tertiary/aromatic N) is 1. The average molecular weight is 253 g/mol. The van der Waals surface area contributed by atoms with Crippen LogP contribution in [-0.2, 0) is 4.79 Å². The van der Waals surface area contributed by atoms with Gasteiger partial charge in [-0.1, -0.05) is 13.5 Å². The third-order valence-corrected chi connectivity index (χ3v) is 3.37. The lowest BCUT2D eigenvalue weighted by Gasteiger charge is -2.32. The summed E-state index contributed by atoms with van der Waals surface area (Å²) in [4.78, 5) is 14.0. The highest BCUT2D eigenvalue weighted by Crippen LogP contribution is 2.17. The van der Waals surface area contributed by atoms with Crippen LogP contribution in [-0.4, -0.2) is 50.6 Å². The molecule has 4 heteroatoms. The second-order valence-corrected chi connectivity index (χ2v) is 5.12. The van der Waals surface area contributed by atoms with E-state index in [2.05, 4.69) is 29.0 Å². The second-order valence-electron chi connectivity index (χ2n) is 5.12. The van der Waals surface area contributed by atoms with Crippen LogP contribution in [0.3, 0.4) is 0 Å². The molecule has 0 radical (unpaired) electrons. The molecule has 1 unspecified atom stereocenters. The normalized spacial score (nSPS) is 20.7. The first kappa shape index (κ1) is 15.2. The van der Waals surface area contributed by atoms with Crippen molar-refractivity contribution in [1.29, 1.82) is 0 Å². The first-order chi connectivity index (χ1) is 8.67. The van der Waals surface area contributed by atoms with Crippen molar-refractivity contribution in [2.24, 2.45) is 5.92 Å². The SMILES string of the molecule is C=C(CNCCC)CN1CCCC(C(=O)NC)C1. The molecule has 0 saturated carbocycles. The number of rotatable bonds is 7. The lowest BCUT2D eigenvalue weighted by atomic mass is 9.97. The Bertz CT molecular complexity index is 278. The molecule has 1 aliphatic rings. The predicted molar refractivity (Wildman–Crippen MR) is 75.5 cm³/mol. The number of piperidine rings is 1. The van der Waals surface area contributed by atoms with Crippen molar-refractivity contribution < 1.29 is 4.79 Å². The van der Waals surface area contributed by atoms with Crippen molar-refractivity contribution >= 4 is 5.91 Å². The molecule has 0 spiro atoms. The van der Waals surface area contributed by atoms with Crippen LogP contribution >= 0.6 is 0 Å². The molecule has 1 aliphatic heterocycles. The van der Waals surface area contributed by atoms with Gasteiger partial charge in [0, 0.05) is 26.7 Å². The van der Waals surface area contributed by atoms with Crippen LogP contribution in [0.4, 0.5) is 0 Å². The van der Waals surface area contributed by atoms with Crippen molar-refractivity contribution in [1.82, 2.24) is 15.5 Å². The Morgan fingerprint density at radius 3 is 2.94 bits per heavy atom. The molecule has 1 amide bonds. The molecule has 1 saturated heterocycles. The van der Waals surface area contributed by atoms with Gasteiger partial charge in [-0.15, -0.1) is 0 Å². The summed E-state index contributed by atoms with van der Waals surface area (Å²) in [5.41, 5.74) is 1.21. The minimum atomic E-state index is 0.153. The van der Waals surface area contributed by atoms with Gasteiger partial charge in [0.15, 0.2) is 0 Å². The van der Waals surface area contributed by atoms with E-state index in [0.29, 0.717) is 0 Å². The molecule has 0 aromatic carbocycles. The van der Waals surface area contributed by atoms with Gasteiger partial charge in [-0.2, -0.15) is 0 Å². The van der Waals surface area contributed by atoms with Gasteiger partial charge < -0.3 is 10.6 Å². The summed E-state index contributed by atoms with van der Waals surface area (Å²) in [5, 5.41) is 6.11. The summed E-state index contributed by atoms with van der Waals surface area (Å²) in [7, 11) is 1.72. The quantitative estimate of drug-likeness (QED) is 0.525. The summed E-state index contributed by atoms with van der Waals surface area (Å²) in [6, 6.07) is 0. The van der Waals surface area contributed by atoms with Crippen molar-refractivity contribution in [2.45, 2.75) is 26.2 Å². The topological polar surface area (TPSA) is 44.4 Å². The third-order valence-electron chi connectivity index (χ3n) is 3.37. The van der Waals surface area contributed by atoms with Crippen molar-refractivity contribution in [3.05, 3.63) is 12.2 Å². The van der Waals surface area contributed by atoms with Crippen LogP contribution in [0.25, 0.3) is 0 Å². The lowest BCUT2D eigenvalue weighted by Crippen LogP contribution is -2.43. The fourth-order valence-electron chi connectivity index (χ4n) is 2.43. The van der Waals surface area contributed by atoms with Gasteiger partial charge >= 0.3 is 0 Å². The van der Waals surface area contributed by atoms with Gasteiger partial charge in [0.05, 0.1) is 5.92 Å². The minimum Gasteiger partial charge on any atom is -0.359 e. The fraction of sp³-hybridized carbons (Fsp3) is 0.786. The minimum absolute atomic E-state index is 0.153. The Balaban J connectivity index is 2.29. The Kier molecular flexibility index (Phi) is 6.98. The average Bonchev–Trinajstić information content (AvgIpc) is 2.38. The molecule has 0 aliphatic carbocycles. The first-order valence-electron chi connectivity index (χ1n) is 6.98. The monoisotopic (exact) mass is 253 g/mol. The molecule has 1 rings (SSSR count). The summed E-state index contributed by atoms with van der Waals surface area (Å²) < 4.78 is 0. The molecule has 1 heterocycles. The largest absolute Gasteiger partial charge is 0.359 e. The molecule has 1 fully saturated rings. The van der Waals surface area contributed by atoms with Crippen LogP contribution in [0, 0.1) is 5.92 Å². The number of likely N-dealkylation sites (tertiary alicyclic amines) is 1. The summed E-state index contributed by atoms with van der Waals surface area (Å²) in [5.74, 6) is 0.328. The maximum Gasteiger partial charge on any atom is 0.224 e. The van der Waals surface area contributed by atoms with Gasteiger partial charge in [-0.25, -0.2) is 0 Å². The molecule has 0 bridgehead atoms. The number of hydrogen-bond acceptors (Lipinski definition) is 3. The number of hydrogen-bond donors (Lipinski definition) is 2. The van der Waals surface area contributed by atoms with E-state index in [9.17, 15) is 4.79 Å². The molecule has 4 nitrogen and oxygen atoms in total. The van der Waals surface area contributed by atoms with E-state index < -0.39 is 0 Å². The highest BCUT2D eigenvalue weighted by atomic mass is 16.1. The Labute approximate surface area is 111 Å². The Morgan fingerprint density at radius 1 is 1.50 bits per heavy atom. The van der Waals surface area contributed by atoms with Gasteiger partial charge in [-0.05, 0) is 37.9 Å². The standard InChI is InChI=1S/C14H27N3O/c1-4-7-16-9-12(2)10-17-8-5-6-13(11-17)14(18)15-3/h13,16H,2,4-11H2,1,3H3,(H,15,18). The van der Waals surface area contributed by atoms with Crippen molar-refractivity contribution in [3.8, 4) is 0 Å². The van der Waals surface area contributed by atoms with Crippen LogP contribution in [0.15, 0.2) is 12.2 Å². The maximum atomic E-state index is 11.6. The van der Waals surface area contributed by atoms with E-state index >= 15 is 0 Å². The van der Waals surface area contributed by atoms with Crippen molar-refractivity contribution in [2.75, 3.05) is 39.8 Å².